The molecule has 132 valence electrons. The number of thiophene rings is 1. The van der Waals surface area contributed by atoms with Gasteiger partial charge in [-0.25, -0.2) is 4.79 Å². The molecule has 1 saturated carbocycles. The van der Waals surface area contributed by atoms with Crippen LogP contribution in [0.3, 0.4) is 0 Å². The number of nitro benzene ring substituents is 1. The van der Waals surface area contributed by atoms with E-state index in [0.717, 1.165) is 23.3 Å². The van der Waals surface area contributed by atoms with E-state index in [2.05, 4.69) is 5.32 Å². The Bertz CT molecular complexity index is 740. The lowest BCUT2D eigenvalue weighted by Crippen LogP contribution is -2.20. The average molecular weight is 360 g/mol. The van der Waals surface area contributed by atoms with Crippen molar-refractivity contribution in [1.82, 2.24) is 0 Å². The van der Waals surface area contributed by atoms with Crippen LogP contribution in [0.2, 0.25) is 0 Å². The molecule has 2 aromatic rings. The van der Waals surface area contributed by atoms with Crippen molar-refractivity contribution in [2.75, 3.05) is 11.9 Å². The van der Waals surface area contributed by atoms with E-state index in [-0.39, 0.29) is 11.4 Å². The number of hydrogen-bond donors (Lipinski definition) is 1. The van der Waals surface area contributed by atoms with Gasteiger partial charge in [0.2, 0.25) is 0 Å². The molecule has 7 heteroatoms. The number of nitro groups is 1. The molecule has 1 aromatic heterocycles. The van der Waals surface area contributed by atoms with Crippen molar-refractivity contribution < 1.29 is 14.5 Å². The highest BCUT2D eigenvalue weighted by atomic mass is 32.1. The second kappa shape index (κ2) is 8.11. The third-order valence-electron chi connectivity index (χ3n) is 4.41. The number of nitrogens with one attached hydrogen (secondary N) is 1. The predicted octanol–water partition coefficient (Wildman–Crippen LogP) is 5.45. The molecule has 1 amide bonds. The number of carbonyl (C=O) groups is 1. The fourth-order valence-electron chi connectivity index (χ4n) is 3.08. The number of amides is 1. The fourth-order valence-corrected chi connectivity index (χ4v) is 3.81. The van der Waals surface area contributed by atoms with Crippen LogP contribution in [0.5, 0.6) is 0 Å². The standard InChI is InChI=1S/C18H20N2O4S/c21-18(24-12-13-5-2-1-3-6-13)19-15-11-14(17-7-4-10-25-17)8-9-16(15)20(22)23/h4,7-11,13H,1-3,5-6,12H2,(H,19,21). The van der Waals surface area contributed by atoms with Crippen molar-refractivity contribution in [3.8, 4) is 10.4 Å². The quantitative estimate of drug-likeness (QED) is 0.567. The Morgan fingerprint density at radius 3 is 2.76 bits per heavy atom. The molecule has 1 aromatic carbocycles. The second-order valence-corrected chi connectivity index (χ2v) is 7.14. The van der Waals surface area contributed by atoms with Gasteiger partial charge < -0.3 is 4.74 Å². The van der Waals surface area contributed by atoms with Crippen molar-refractivity contribution in [3.63, 3.8) is 0 Å². The molecule has 0 saturated heterocycles. The van der Waals surface area contributed by atoms with Crippen LogP contribution >= 0.6 is 11.3 Å². The highest BCUT2D eigenvalue weighted by molar-refractivity contribution is 7.13. The van der Waals surface area contributed by atoms with Gasteiger partial charge in [0.05, 0.1) is 11.5 Å². The number of ether oxygens (including phenoxy) is 1. The van der Waals surface area contributed by atoms with Gasteiger partial charge >= 0.3 is 6.09 Å². The first-order valence-corrected chi connectivity index (χ1v) is 9.27. The molecule has 3 rings (SSSR count). The van der Waals surface area contributed by atoms with Gasteiger partial charge in [-0.1, -0.05) is 25.3 Å². The first kappa shape index (κ1) is 17.4. The van der Waals surface area contributed by atoms with Gasteiger partial charge in [-0.3, -0.25) is 15.4 Å². The lowest BCUT2D eigenvalue weighted by molar-refractivity contribution is -0.383. The maximum Gasteiger partial charge on any atom is 0.411 e. The van der Waals surface area contributed by atoms with E-state index >= 15 is 0 Å². The Labute approximate surface area is 150 Å². The van der Waals surface area contributed by atoms with Crippen molar-refractivity contribution in [1.29, 1.82) is 0 Å². The molecule has 0 bridgehead atoms. The van der Waals surface area contributed by atoms with E-state index in [9.17, 15) is 14.9 Å². The van der Waals surface area contributed by atoms with E-state index in [1.54, 1.807) is 12.1 Å². The third kappa shape index (κ3) is 4.57. The van der Waals surface area contributed by atoms with Gasteiger partial charge in [0.15, 0.2) is 0 Å². The number of anilines is 1. The Kier molecular flexibility index (Phi) is 5.65. The van der Waals surface area contributed by atoms with Gasteiger partial charge in [0.25, 0.3) is 5.69 Å². The largest absolute Gasteiger partial charge is 0.449 e. The predicted molar refractivity (Wildman–Crippen MR) is 98.0 cm³/mol. The van der Waals surface area contributed by atoms with Crippen LogP contribution in [0, 0.1) is 16.0 Å². The first-order valence-electron chi connectivity index (χ1n) is 8.39. The van der Waals surface area contributed by atoms with Crippen LogP contribution in [-0.2, 0) is 4.74 Å². The molecule has 1 aliphatic rings. The molecule has 25 heavy (non-hydrogen) atoms. The van der Waals surface area contributed by atoms with E-state index in [1.165, 1.54) is 36.7 Å². The molecule has 1 fully saturated rings. The summed E-state index contributed by atoms with van der Waals surface area (Å²) in [5.41, 5.74) is 0.836. The number of rotatable bonds is 5. The van der Waals surface area contributed by atoms with Gasteiger partial charge in [0.1, 0.15) is 5.69 Å². The van der Waals surface area contributed by atoms with Crippen molar-refractivity contribution in [2.24, 2.45) is 5.92 Å². The van der Waals surface area contributed by atoms with Crippen LogP contribution in [0.25, 0.3) is 10.4 Å². The summed E-state index contributed by atoms with van der Waals surface area (Å²) in [6.07, 6.45) is 5.08. The maximum absolute atomic E-state index is 12.1. The summed E-state index contributed by atoms with van der Waals surface area (Å²) in [5, 5.41) is 15.7. The molecule has 1 N–H and O–H groups in total. The zero-order chi connectivity index (χ0) is 17.6. The van der Waals surface area contributed by atoms with E-state index < -0.39 is 11.0 Å². The maximum atomic E-state index is 12.1. The van der Waals surface area contributed by atoms with Crippen LogP contribution in [0.4, 0.5) is 16.2 Å². The normalized spacial score (nSPS) is 14.9. The molecule has 0 aliphatic heterocycles. The molecular weight excluding hydrogens is 340 g/mol. The lowest BCUT2D eigenvalue weighted by Gasteiger charge is -2.21. The number of benzene rings is 1. The summed E-state index contributed by atoms with van der Waals surface area (Å²) in [6, 6.07) is 8.55. The van der Waals surface area contributed by atoms with Crippen molar-refractivity contribution >= 4 is 28.8 Å². The summed E-state index contributed by atoms with van der Waals surface area (Å²) in [5.74, 6) is 0.395. The van der Waals surface area contributed by atoms with Gasteiger partial charge in [-0.2, -0.15) is 0 Å². The topological polar surface area (TPSA) is 81.5 Å². The Morgan fingerprint density at radius 2 is 2.08 bits per heavy atom. The van der Waals surface area contributed by atoms with Crippen molar-refractivity contribution in [2.45, 2.75) is 32.1 Å². The minimum Gasteiger partial charge on any atom is -0.449 e. The molecule has 0 spiro atoms. The minimum atomic E-state index is -0.642. The SMILES string of the molecule is O=C(Nc1cc(-c2cccs2)ccc1[N+](=O)[O-])OCC1CCCCC1. The summed E-state index contributed by atoms with van der Waals surface area (Å²) < 4.78 is 5.28. The fraction of sp³-hybridized carbons (Fsp3) is 0.389. The highest BCUT2D eigenvalue weighted by Gasteiger charge is 2.19. The van der Waals surface area contributed by atoms with Crippen molar-refractivity contribution in [3.05, 3.63) is 45.8 Å². The monoisotopic (exact) mass is 360 g/mol. The number of hydrogen-bond acceptors (Lipinski definition) is 5. The van der Waals surface area contributed by atoms with Crippen LogP contribution in [-0.4, -0.2) is 17.6 Å². The molecule has 0 radical (unpaired) electrons. The average Bonchev–Trinajstić information content (AvgIpc) is 3.15. The van der Waals surface area contributed by atoms with Gasteiger partial charge in [-0.15, -0.1) is 11.3 Å². The summed E-state index contributed by atoms with van der Waals surface area (Å²) in [7, 11) is 0. The van der Waals surface area contributed by atoms with E-state index in [0.29, 0.717) is 12.5 Å². The number of nitrogens with zero attached hydrogens (tertiary/aromatic N) is 1. The van der Waals surface area contributed by atoms with E-state index in [1.807, 2.05) is 17.5 Å². The second-order valence-electron chi connectivity index (χ2n) is 6.19. The molecule has 6 nitrogen and oxygen atoms in total. The smallest absolute Gasteiger partial charge is 0.411 e. The van der Waals surface area contributed by atoms with Crippen LogP contribution in [0.1, 0.15) is 32.1 Å². The minimum absolute atomic E-state index is 0.144. The zero-order valence-corrected chi connectivity index (χ0v) is 14.6. The van der Waals surface area contributed by atoms with Gasteiger partial charge in [-0.05, 0) is 47.9 Å². The first-order chi connectivity index (χ1) is 12.1. The summed E-state index contributed by atoms with van der Waals surface area (Å²) in [4.78, 5) is 23.8. The highest BCUT2D eigenvalue weighted by Crippen LogP contribution is 2.33. The zero-order valence-electron chi connectivity index (χ0n) is 13.8. The Balaban J connectivity index is 1.69. The lowest BCUT2D eigenvalue weighted by atomic mass is 9.90. The van der Waals surface area contributed by atoms with Crippen LogP contribution in [0.15, 0.2) is 35.7 Å². The van der Waals surface area contributed by atoms with E-state index in [4.69, 9.17) is 4.74 Å². The van der Waals surface area contributed by atoms with Gasteiger partial charge in [0, 0.05) is 10.9 Å². The Hall–Kier alpha value is -2.41. The Morgan fingerprint density at radius 1 is 1.28 bits per heavy atom. The van der Waals surface area contributed by atoms with Crippen LogP contribution < -0.4 is 5.32 Å². The molecule has 1 heterocycles. The molecule has 0 atom stereocenters. The molecule has 0 unspecified atom stereocenters. The molecule has 1 aliphatic carbocycles. The number of carbonyl (C=O) groups excluding carboxylic acids is 1. The molecular formula is C18H20N2O4S. The summed E-state index contributed by atoms with van der Waals surface area (Å²) >= 11 is 1.53. The third-order valence-corrected chi connectivity index (χ3v) is 5.33. The summed E-state index contributed by atoms with van der Waals surface area (Å²) in [6.45, 7) is 0.365.